The average molecular weight is 765 g/mol. The Morgan fingerprint density at radius 2 is 0.965 bits per heavy atom. The van der Waals surface area contributed by atoms with Gasteiger partial charge < -0.3 is 4.42 Å². The highest BCUT2D eigenvalue weighted by Gasteiger charge is 2.19. The fourth-order valence-corrected chi connectivity index (χ4v) is 10.1. The number of aromatic nitrogens is 4. The van der Waals surface area contributed by atoms with Crippen LogP contribution in [0.3, 0.4) is 0 Å². The molecule has 57 heavy (non-hydrogen) atoms. The number of rotatable bonds is 5. The standard InChI is InChI=1S/C50H28N4OS2/c1-3-9-29(10-4-1)32-17-15-30-16-18-33(26-36(30)25-32)48-52-47(31-11-5-2-6-12-31)53-49(54-48)34-19-21-38-44(28-34)57-43-24-22-40-46(45(38)43)55-50(51-40)35-20-23-42-39(27-35)37-13-7-8-14-41(37)56-42/h1-28H. The molecule has 0 saturated carbocycles. The molecule has 4 aromatic heterocycles. The smallest absolute Gasteiger partial charge is 0.227 e. The molecule has 0 atom stereocenters. The molecule has 0 bridgehead atoms. The summed E-state index contributed by atoms with van der Waals surface area (Å²) in [6, 6.07) is 59.4. The molecule has 8 aromatic carbocycles. The van der Waals surface area contributed by atoms with Crippen molar-refractivity contribution in [2.24, 2.45) is 0 Å². The highest BCUT2D eigenvalue weighted by atomic mass is 32.1. The Labute approximate surface area is 334 Å². The molecule has 0 saturated heterocycles. The van der Waals surface area contributed by atoms with Crippen molar-refractivity contribution >= 4 is 84.9 Å². The number of nitrogens with zero attached hydrogens (tertiary/aromatic N) is 4. The molecule has 0 spiro atoms. The van der Waals surface area contributed by atoms with E-state index in [-0.39, 0.29) is 0 Å². The van der Waals surface area contributed by atoms with Crippen LogP contribution in [0.25, 0.3) is 119 Å². The first-order chi connectivity index (χ1) is 28.2. The van der Waals surface area contributed by atoms with Gasteiger partial charge in [0.05, 0.1) is 0 Å². The van der Waals surface area contributed by atoms with Crippen molar-refractivity contribution in [2.75, 3.05) is 0 Å². The zero-order chi connectivity index (χ0) is 37.5. The second kappa shape index (κ2) is 12.7. The molecule has 0 unspecified atom stereocenters. The quantitative estimate of drug-likeness (QED) is 0.175. The van der Waals surface area contributed by atoms with E-state index in [2.05, 4.69) is 133 Å². The molecule has 0 aliphatic carbocycles. The van der Waals surface area contributed by atoms with Gasteiger partial charge in [-0.05, 0) is 76.5 Å². The number of oxazole rings is 1. The third-order valence-corrected chi connectivity index (χ3v) is 13.0. The summed E-state index contributed by atoms with van der Waals surface area (Å²) in [6.45, 7) is 0. The molecule has 0 radical (unpaired) electrons. The van der Waals surface area contributed by atoms with Crippen LogP contribution >= 0.6 is 22.7 Å². The Balaban J connectivity index is 0.969. The predicted molar refractivity (Wildman–Crippen MR) is 238 cm³/mol. The Bertz CT molecular complexity index is 3530. The average Bonchev–Trinajstić information content (AvgIpc) is 3.99. The Hall–Kier alpha value is -7.06. The Kier molecular flexibility index (Phi) is 7.20. The maximum absolute atomic E-state index is 6.64. The number of hydrogen-bond donors (Lipinski definition) is 0. The van der Waals surface area contributed by atoms with Crippen molar-refractivity contribution < 1.29 is 4.42 Å². The van der Waals surface area contributed by atoms with Crippen molar-refractivity contribution in [3.05, 3.63) is 170 Å². The molecule has 0 aliphatic heterocycles. The van der Waals surface area contributed by atoms with Crippen molar-refractivity contribution in [2.45, 2.75) is 0 Å². The number of fused-ring (bicyclic) bond motifs is 9. The van der Waals surface area contributed by atoms with E-state index < -0.39 is 0 Å². The third-order valence-electron chi connectivity index (χ3n) is 10.7. The molecule has 5 nitrogen and oxygen atoms in total. The van der Waals surface area contributed by atoms with Gasteiger partial charge in [0.25, 0.3) is 0 Å². The van der Waals surface area contributed by atoms with E-state index >= 15 is 0 Å². The van der Waals surface area contributed by atoms with E-state index in [1.165, 1.54) is 31.3 Å². The Morgan fingerprint density at radius 3 is 1.79 bits per heavy atom. The van der Waals surface area contributed by atoms with E-state index in [1.54, 1.807) is 11.3 Å². The second-order valence-corrected chi connectivity index (χ2v) is 16.4. The summed E-state index contributed by atoms with van der Waals surface area (Å²) >= 11 is 3.55. The van der Waals surface area contributed by atoms with Crippen LogP contribution in [0, 0.1) is 0 Å². The van der Waals surface area contributed by atoms with Gasteiger partial charge in [0, 0.05) is 62.6 Å². The van der Waals surface area contributed by atoms with Gasteiger partial charge in [-0.1, -0.05) is 115 Å². The molecular formula is C50H28N4OS2. The lowest BCUT2D eigenvalue weighted by molar-refractivity contribution is 0.623. The van der Waals surface area contributed by atoms with Gasteiger partial charge in [-0.2, -0.15) is 0 Å². The monoisotopic (exact) mass is 764 g/mol. The van der Waals surface area contributed by atoms with E-state index in [0.29, 0.717) is 23.4 Å². The van der Waals surface area contributed by atoms with Gasteiger partial charge in [-0.3, -0.25) is 0 Å². The van der Waals surface area contributed by atoms with Gasteiger partial charge in [-0.25, -0.2) is 19.9 Å². The minimum absolute atomic E-state index is 0.625. The normalized spacial score (nSPS) is 11.9. The number of hydrogen-bond acceptors (Lipinski definition) is 7. The van der Waals surface area contributed by atoms with Gasteiger partial charge in [0.1, 0.15) is 5.52 Å². The zero-order valence-electron chi connectivity index (χ0n) is 30.2. The SMILES string of the molecule is c1ccc(-c2ccc3ccc(-c4nc(-c5ccccc5)nc(-c5ccc6c(c5)sc5ccc7nc(-c8ccc9sc%10ccccc%10c9c8)oc7c56)n4)cc3c2)cc1. The fraction of sp³-hybridized carbons (Fsp3) is 0. The molecule has 7 heteroatoms. The van der Waals surface area contributed by atoms with Gasteiger partial charge >= 0.3 is 0 Å². The molecule has 0 fully saturated rings. The third kappa shape index (κ3) is 5.43. The first-order valence-electron chi connectivity index (χ1n) is 18.8. The van der Waals surface area contributed by atoms with E-state index in [9.17, 15) is 0 Å². The molecule has 266 valence electrons. The van der Waals surface area contributed by atoms with Gasteiger partial charge in [0.15, 0.2) is 23.1 Å². The molecule has 12 aromatic rings. The summed E-state index contributed by atoms with van der Waals surface area (Å²) in [4.78, 5) is 20.2. The lowest BCUT2D eigenvalue weighted by Crippen LogP contribution is -2.00. The predicted octanol–water partition coefficient (Wildman–Crippen LogP) is 14.2. The summed E-state index contributed by atoms with van der Waals surface area (Å²) in [5, 5.41) is 6.97. The van der Waals surface area contributed by atoms with Crippen LogP contribution in [0.5, 0.6) is 0 Å². The molecule has 0 N–H and O–H groups in total. The molecule has 4 heterocycles. The van der Waals surface area contributed by atoms with Crippen molar-refractivity contribution in [3.63, 3.8) is 0 Å². The minimum Gasteiger partial charge on any atom is -0.435 e. The first kappa shape index (κ1) is 32.2. The van der Waals surface area contributed by atoms with Crippen LogP contribution in [-0.4, -0.2) is 19.9 Å². The van der Waals surface area contributed by atoms with Crippen molar-refractivity contribution in [1.82, 2.24) is 19.9 Å². The van der Waals surface area contributed by atoms with E-state index in [4.69, 9.17) is 24.4 Å². The van der Waals surface area contributed by atoms with Crippen LogP contribution in [0.4, 0.5) is 0 Å². The number of thiophene rings is 2. The van der Waals surface area contributed by atoms with Crippen molar-refractivity contribution in [1.29, 1.82) is 0 Å². The van der Waals surface area contributed by atoms with Crippen molar-refractivity contribution in [3.8, 4) is 56.7 Å². The van der Waals surface area contributed by atoms with Crippen LogP contribution in [0.15, 0.2) is 174 Å². The summed E-state index contributed by atoms with van der Waals surface area (Å²) in [6.07, 6.45) is 0. The zero-order valence-corrected chi connectivity index (χ0v) is 31.8. The summed E-state index contributed by atoms with van der Waals surface area (Å²) in [5.41, 5.74) is 7.77. The van der Waals surface area contributed by atoms with Gasteiger partial charge in [0.2, 0.25) is 5.89 Å². The molecule has 0 aliphatic rings. The van der Waals surface area contributed by atoms with E-state index in [0.717, 1.165) is 64.3 Å². The Morgan fingerprint density at radius 1 is 0.351 bits per heavy atom. The van der Waals surface area contributed by atoms with Crippen LogP contribution in [0.2, 0.25) is 0 Å². The maximum Gasteiger partial charge on any atom is 0.227 e. The number of benzene rings is 8. The lowest BCUT2D eigenvalue weighted by Gasteiger charge is -2.10. The second-order valence-electron chi connectivity index (χ2n) is 14.2. The summed E-state index contributed by atoms with van der Waals surface area (Å²) in [7, 11) is 0. The molecular weight excluding hydrogens is 737 g/mol. The first-order valence-corrected chi connectivity index (χ1v) is 20.4. The molecule has 0 amide bonds. The van der Waals surface area contributed by atoms with Crippen LogP contribution in [-0.2, 0) is 0 Å². The lowest BCUT2D eigenvalue weighted by atomic mass is 10.00. The fourth-order valence-electron chi connectivity index (χ4n) is 7.91. The largest absolute Gasteiger partial charge is 0.435 e. The maximum atomic E-state index is 6.64. The highest BCUT2D eigenvalue weighted by molar-refractivity contribution is 7.26. The molecule has 12 rings (SSSR count). The van der Waals surface area contributed by atoms with E-state index in [1.807, 2.05) is 47.7 Å². The minimum atomic E-state index is 0.625. The van der Waals surface area contributed by atoms with Crippen LogP contribution in [0.1, 0.15) is 0 Å². The summed E-state index contributed by atoms with van der Waals surface area (Å²) in [5.74, 6) is 2.52. The van der Waals surface area contributed by atoms with Crippen LogP contribution < -0.4 is 0 Å². The topological polar surface area (TPSA) is 64.7 Å². The highest BCUT2D eigenvalue weighted by Crippen LogP contribution is 2.42. The summed E-state index contributed by atoms with van der Waals surface area (Å²) < 4.78 is 11.5. The van der Waals surface area contributed by atoms with Gasteiger partial charge in [-0.15, -0.1) is 22.7 Å².